The third kappa shape index (κ3) is 3.28. The summed E-state index contributed by atoms with van der Waals surface area (Å²) in [4.78, 5) is 16.4. The molecule has 2 N–H and O–H groups in total. The summed E-state index contributed by atoms with van der Waals surface area (Å²) in [5.41, 5.74) is 6.77. The first kappa shape index (κ1) is 13.9. The first-order valence-electron chi connectivity index (χ1n) is 6.29. The monoisotopic (exact) mass is 279 g/mol. The lowest BCUT2D eigenvalue weighted by molar-refractivity contribution is 0.0650. The van der Waals surface area contributed by atoms with Crippen LogP contribution in [0, 0.1) is 0 Å². The normalized spacial score (nSPS) is 16.4. The van der Waals surface area contributed by atoms with Crippen LogP contribution in [0.4, 0.5) is 5.69 Å². The van der Waals surface area contributed by atoms with E-state index in [1.807, 2.05) is 11.0 Å². The number of nitrogen functional groups attached to an aromatic ring is 1. The fourth-order valence-corrected chi connectivity index (χ4v) is 2.29. The van der Waals surface area contributed by atoms with Crippen molar-refractivity contribution in [2.24, 2.45) is 0 Å². The molecule has 19 heavy (non-hydrogen) atoms. The van der Waals surface area contributed by atoms with E-state index in [0.29, 0.717) is 16.3 Å². The number of hydrogen-bond acceptors (Lipinski definition) is 3. The Kier molecular flexibility index (Phi) is 4.45. The summed E-state index contributed by atoms with van der Waals surface area (Å²) >= 11 is 5.86. The molecule has 102 valence electrons. The number of nitrogens with zero attached hydrogens (tertiary/aromatic N) is 2. The number of rotatable bonds is 3. The molecule has 1 aliphatic heterocycles. The van der Waals surface area contributed by atoms with Gasteiger partial charge in [-0.25, -0.2) is 0 Å². The molecule has 0 unspecified atom stereocenters. The first-order valence-corrected chi connectivity index (χ1v) is 6.67. The van der Waals surface area contributed by atoms with Crippen LogP contribution in [0.3, 0.4) is 0 Å². The van der Waals surface area contributed by atoms with Gasteiger partial charge in [0.15, 0.2) is 0 Å². The van der Waals surface area contributed by atoms with Gasteiger partial charge in [0.05, 0.1) is 10.7 Å². The van der Waals surface area contributed by atoms with Crippen LogP contribution in [0.1, 0.15) is 10.4 Å². The molecule has 0 bridgehead atoms. The van der Waals surface area contributed by atoms with Crippen molar-refractivity contribution in [1.29, 1.82) is 0 Å². The Bertz CT molecular complexity index is 482. The number of hydrogen-bond donors (Lipinski definition) is 1. The summed E-state index contributed by atoms with van der Waals surface area (Å²) < 4.78 is 0. The van der Waals surface area contributed by atoms with Crippen molar-refractivity contribution in [2.45, 2.75) is 0 Å². The minimum atomic E-state index is 0.0154. The van der Waals surface area contributed by atoms with Gasteiger partial charge in [-0.1, -0.05) is 17.7 Å². The molecule has 5 heteroatoms. The highest BCUT2D eigenvalue weighted by atomic mass is 35.5. The Labute approximate surface area is 118 Å². The van der Waals surface area contributed by atoms with E-state index in [9.17, 15) is 4.79 Å². The average Bonchev–Trinajstić information content (AvgIpc) is 2.42. The van der Waals surface area contributed by atoms with E-state index < -0.39 is 0 Å². The lowest BCUT2D eigenvalue weighted by Gasteiger charge is -2.34. The van der Waals surface area contributed by atoms with Crippen molar-refractivity contribution >= 4 is 23.2 Å². The van der Waals surface area contributed by atoms with Gasteiger partial charge in [-0.2, -0.15) is 0 Å². The van der Waals surface area contributed by atoms with Crippen LogP contribution in [-0.4, -0.2) is 48.4 Å². The Hall–Kier alpha value is -1.52. The van der Waals surface area contributed by atoms with E-state index in [4.69, 9.17) is 17.3 Å². The molecule has 0 aliphatic carbocycles. The van der Waals surface area contributed by atoms with E-state index in [1.54, 1.807) is 18.2 Å². The van der Waals surface area contributed by atoms with E-state index in [0.717, 1.165) is 32.7 Å². The molecular weight excluding hydrogens is 262 g/mol. The van der Waals surface area contributed by atoms with E-state index in [-0.39, 0.29) is 5.91 Å². The van der Waals surface area contributed by atoms with Gasteiger partial charge in [0.2, 0.25) is 0 Å². The molecule has 0 aromatic heterocycles. The van der Waals surface area contributed by atoms with Gasteiger partial charge in [-0.05, 0) is 18.2 Å². The second-order valence-electron chi connectivity index (χ2n) is 4.62. The van der Waals surface area contributed by atoms with Crippen LogP contribution >= 0.6 is 11.6 Å². The minimum absolute atomic E-state index is 0.0154. The van der Waals surface area contributed by atoms with Crippen LogP contribution in [0.25, 0.3) is 0 Å². The molecule has 1 aliphatic rings. The number of halogens is 1. The third-order valence-corrected chi connectivity index (χ3v) is 3.63. The quantitative estimate of drug-likeness (QED) is 0.679. The zero-order chi connectivity index (χ0) is 13.8. The number of carbonyl (C=O) groups excluding carboxylic acids is 1. The molecule has 1 fully saturated rings. The van der Waals surface area contributed by atoms with Gasteiger partial charge in [-0.15, -0.1) is 6.58 Å². The summed E-state index contributed by atoms with van der Waals surface area (Å²) in [5, 5.41) is 0.479. The molecule has 4 nitrogen and oxygen atoms in total. The highest BCUT2D eigenvalue weighted by Crippen LogP contribution is 2.20. The second kappa shape index (κ2) is 6.08. The summed E-state index contributed by atoms with van der Waals surface area (Å²) in [6.45, 7) is 7.81. The van der Waals surface area contributed by atoms with Gasteiger partial charge < -0.3 is 10.6 Å². The fraction of sp³-hybridized carbons (Fsp3) is 0.357. The lowest BCUT2D eigenvalue weighted by atomic mass is 10.1. The number of amides is 1. The molecule has 2 rings (SSSR count). The van der Waals surface area contributed by atoms with Crippen LogP contribution in [0.2, 0.25) is 5.02 Å². The Morgan fingerprint density at radius 2 is 2.05 bits per heavy atom. The first-order chi connectivity index (χ1) is 9.11. The molecule has 1 amide bonds. The Balaban J connectivity index is 2.01. The highest BCUT2D eigenvalue weighted by Gasteiger charge is 2.21. The molecule has 0 saturated carbocycles. The SMILES string of the molecule is C=CCN1CCN(C(=O)c2ccc(Cl)c(N)c2)CC1. The minimum Gasteiger partial charge on any atom is -0.398 e. The maximum absolute atomic E-state index is 12.3. The zero-order valence-electron chi connectivity index (χ0n) is 10.8. The molecule has 1 heterocycles. The molecule has 0 radical (unpaired) electrons. The number of carbonyl (C=O) groups is 1. The average molecular weight is 280 g/mol. The van der Waals surface area contributed by atoms with Crippen LogP contribution < -0.4 is 5.73 Å². The number of nitrogens with two attached hydrogens (primary N) is 1. The number of anilines is 1. The van der Waals surface area contributed by atoms with Gasteiger partial charge >= 0.3 is 0 Å². The Morgan fingerprint density at radius 3 is 2.63 bits per heavy atom. The van der Waals surface area contributed by atoms with Gasteiger partial charge in [0.25, 0.3) is 5.91 Å². The fourth-order valence-electron chi connectivity index (χ4n) is 2.18. The number of piperazine rings is 1. The van der Waals surface area contributed by atoms with Crippen molar-refractivity contribution in [2.75, 3.05) is 38.5 Å². The van der Waals surface area contributed by atoms with E-state index in [1.165, 1.54) is 0 Å². The lowest BCUT2D eigenvalue weighted by Crippen LogP contribution is -2.48. The van der Waals surface area contributed by atoms with Crippen molar-refractivity contribution < 1.29 is 4.79 Å². The molecule has 1 aromatic carbocycles. The highest BCUT2D eigenvalue weighted by molar-refractivity contribution is 6.33. The summed E-state index contributed by atoms with van der Waals surface area (Å²) in [5.74, 6) is 0.0154. The molecule has 1 aromatic rings. The summed E-state index contributed by atoms with van der Waals surface area (Å²) in [6.07, 6.45) is 1.89. The molecule has 1 saturated heterocycles. The van der Waals surface area contributed by atoms with E-state index in [2.05, 4.69) is 11.5 Å². The topological polar surface area (TPSA) is 49.6 Å². The smallest absolute Gasteiger partial charge is 0.254 e. The van der Waals surface area contributed by atoms with Crippen molar-refractivity contribution in [3.05, 3.63) is 41.4 Å². The van der Waals surface area contributed by atoms with E-state index >= 15 is 0 Å². The summed E-state index contributed by atoms with van der Waals surface area (Å²) in [6, 6.07) is 5.02. The van der Waals surface area contributed by atoms with Crippen LogP contribution in [0.15, 0.2) is 30.9 Å². The molecular formula is C14H18ClN3O. The van der Waals surface area contributed by atoms with Crippen molar-refractivity contribution in [3.63, 3.8) is 0 Å². The maximum Gasteiger partial charge on any atom is 0.254 e. The maximum atomic E-state index is 12.3. The van der Waals surface area contributed by atoms with Crippen LogP contribution in [0.5, 0.6) is 0 Å². The standard InChI is InChI=1S/C14H18ClN3O/c1-2-5-17-6-8-18(9-7-17)14(19)11-3-4-12(15)13(16)10-11/h2-4,10H,1,5-9,16H2. The predicted molar refractivity (Wildman–Crippen MR) is 78.4 cm³/mol. The summed E-state index contributed by atoms with van der Waals surface area (Å²) in [7, 11) is 0. The van der Waals surface area contributed by atoms with Crippen molar-refractivity contribution in [1.82, 2.24) is 9.80 Å². The number of benzene rings is 1. The third-order valence-electron chi connectivity index (χ3n) is 3.29. The zero-order valence-corrected chi connectivity index (χ0v) is 11.6. The largest absolute Gasteiger partial charge is 0.398 e. The molecule has 0 spiro atoms. The van der Waals surface area contributed by atoms with Gasteiger partial charge in [0, 0.05) is 38.3 Å². The van der Waals surface area contributed by atoms with Crippen molar-refractivity contribution in [3.8, 4) is 0 Å². The predicted octanol–water partition coefficient (Wildman–Crippen LogP) is 1.87. The van der Waals surface area contributed by atoms with Crippen LogP contribution in [-0.2, 0) is 0 Å². The van der Waals surface area contributed by atoms with Gasteiger partial charge in [0.1, 0.15) is 0 Å². The molecule has 0 atom stereocenters. The van der Waals surface area contributed by atoms with Gasteiger partial charge in [-0.3, -0.25) is 9.69 Å². The second-order valence-corrected chi connectivity index (χ2v) is 5.02. The Morgan fingerprint density at radius 1 is 1.37 bits per heavy atom.